The fraction of sp³-hybridized carbons (Fsp3) is 0.105. The lowest BCUT2D eigenvalue weighted by Gasteiger charge is -2.05. The van der Waals surface area contributed by atoms with Crippen LogP contribution in [0.1, 0.15) is 17.0 Å². The Morgan fingerprint density at radius 3 is 2.68 bits per heavy atom. The Morgan fingerprint density at radius 1 is 1.21 bits per heavy atom. The molecule has 7 nitrogen and oxygen atoms in total. The molecule has 0 spiro atoms. The van der Waals surface area contributed by atoms with Crippen LogP contribution in [0.2, 0.25) is 0 Å². The zero-order valence-electron chi connectivity index (χ0n) is 14.5. The van der Waals surface area contributed by atoms with Crippen molar-refractivity contribution in [2.24, 2.45) is 4.99 Å². The molecular formula is C19H16N3O4PS. The van der Waals surface area contributed by atoms with Gasteiger partial charge >= 0.3 is 7.60 Å². The van der Waals surface area contributed by atoms with Gasteiger partial charge in [0, 0.05) is 23.5 Å². The molecule has 2 aromatic heterocycles. The number of hydrogen-bond acceptors (Lipinski definition) is 5. The number of thiophene rings is 1. The molecule has 1 unspecified atom stereocenters. The summed E-state index contributed by atoms with van der Waals surface area (Å²) in [6.45, 7) is 0. The van der Waals surface area contributed by atoms with Crippen LogP contribution in [0.5, 0.6) is 0 Å². The molecule has 0 saturated heterocycles. The highest BCUT2D eigenvalue weighted by Crippen LogP contribution is 2.39. The van der Waals surface area contributed by atoms with E-state index in [0.29, 0.717) is 17.1 Å². The van der Waals surface area contributed by atoms with Gasteiger partial charge in [0.25, 0.3) is 0 Å². The monoisotopic (exact) mass is 413 g/mol. The molecule has 1 aromatic carbocycles. The Morgan fingerprint density at radius 2 is 2.00 bits per heavy atom. The lowest BCUT2D eigenvalue weighted by molar-refractivity contribution is -0.115. The standard InChI is InChI=1S/C19H16N3O4PS/c23-19-17(9-20-15-3-1-12(2-4-15)10-27(24,25)26)16-7-14(8-21-18(16)22-19)13-5-6-28-11-13/h1-9,11,17H,10H2,(H,21,22,23)(H2,24,25,26). The van der Waals surface area contributed by atoms with E-state index in [0.717, 1.165) is 16.7 Å². The number of amides is 1. The molecule has 3 N–H and O–H groups in total. The van der Waals surface area contributed by atoms with Crippen LogP contribution in [0.4, 0.5) is 11.5 Å². The minimum Gasteiger partial charge on any atom is -0.324 e. The molecule has 1 aliphatic heterocycles. The third-order valence-electron chi connectivity index (χ3n) is 4.33. The lowest BCUT2D eigenvalue weighted by Crippen LogP contribution is -2.12. The first-order valence-electron chi connectivity index (χ1n) is 8.40. The van der Waals surface area contributed by atoms with E-state index in [-0.39, 0.29) is 12.1 Å². The number of nitrogens with one attached hydrogen (secondary N) is 1. The van der Waals surface area contributed by atoms with Crippen LogP contribution in [0.3, 0.4) is 0 Å². The molecule has 0 saturated carbocycles. The average molecular weight is 413 g/mol. The summed E-state index contributed by atoms with van der Waals surface area (Å²) in [7, 11) is -4.10. The van der Waals surface area contributed by atoms with Crippen LogP contribution in [0, 0.1) is 0 Å². The van der Waals surface area contributed by atoms with E-state index in [9.17, 15) is 9.36 Å². The summed E-state index contributed by atoms with van der Waals surface area (Å²) >= 11 is 1.60. The summed E-state index contributed by atoms with van der Waals surface area (Å²) in [4.78, 5) is 39.1. The fourth-order valence-electron chi connectivity index (χ4n) is 2.98. The number of rotatable bonds is 5. The van der Waals surface area contributed by atoms with Gasteiger partial charge in [-0.2, -0.15) is 11.3 Å². The summed E-state index contributed by atoms with van der Waals surface area (Å²) < 4.78 is 11.1. The van der Waals surface area contributed by atoms with E-state index in [1.54, 1.807) is 48.0 Å². The highest BCUT2D eigenvalue weighted by Gasteiger charge is 2.30. The van der Waals surface area contributed by atoms with Crippen LogP contribution in [0.15, 0.2) is 58.3 Å². The Kier molecular flexibility index (Phi) is 4.95. The first-order chi connectivity index (χ1) is 13.4. The number of benzene rings is 1. The van der Waals surface area contributed by atoms with Gasteiger partial charge in [-0.25, -0.2) is 4.98 Å². The van der Waals surface area contributed by atoms with Crippen molar-refractivity contribution < 1.29 is 19.1 Å². The molecule has 1 amide bonds. The van der Waals surface area contributed by atoms with E-state index in [1.807, 2.05) is 22.9 Å². The van der Waals surface area contributed by atoms with Gasteiger partial charge in [0.2, 0.25) is 5.91 Å². The SMILES string of the molecule is O=C1Nc2ncc(-c3ccsc3)cc2C1C=Nc1ccc(CP(=O)(O)O)cc1. The van der Waals surface area contributed by atoms with E-state index in [2.05, 4.69) is 15.3 Å². The smallest absolute Gasteiger partial charge is 0.324 e. The molecule has 1 aliphatic rings. The van der Waals surface area contributed by atoms with Gasteiger partial charge < -0.3 is 15.1 Å². The second kappa shape index (κ2) is 7.41. The number of nitrogens with zero attached hydrogens (tertiary/aromatic N) is 2. The van der Waals surface area contributed by atoms with Gasteiger partial charge in [0.15, 0.2) is 0 Å². The first kappa shape index (κ1) is 18.7. The van der Waals surface area contributed by atoms with Crippen molar-refractivity contribution in [1.82, 2.24) is 4.98 Å². The van der Waals surface area contributed by atoms with Crippen LogP contribution in [0.25, 0.3) is 11.1 Å². The van der Waals surface area contributed by atoms with E-state index >= 15 is 0 Å². The van der Waals surface area contributed by atoms with Gasteiger partial charge in [-0.15, -0.1) is 0 Å². The third kappa shape index (κ3) is 4.10. The van der Waals surface area contributed by atoms with Crippen LogP contribution in [-0.2, 0) is 15.5 Å². The van der Waals surface area contributed by atoms with Crippen molar-refractivity contribution >= 4 is 42.6 Å². The minimum absolute atomic E-state index is 0.188. The van der Waals surface area contributed by atoms with Crippen molar-refractivity contribution in [3.05, 3.63) is 64.5 Å². The zero-order chi connectivity index (χ0) is 19.7. The topological polar surface area (TPSA) is 112 Å². The highest BCUT2D eigenvalue weighted by molar-refractivity contribution is 7.50. The number of fused-ring (bicyclic) bond motifs is 1. The number of aliphatic imine (C=N–C) groups is 1. The lowest BCUT2D eigenvalue weighted by atomic mass is 10.0. The number of carbonyl (C=O) groups is 1. The Hall–Kier alpha value is -2.64. The van der Waals surface area contributed by atoms with Gasteiger partial charge in [-0.05, 0) is 46.2 Å². The van der Waals surface area contributed by atoms with Gasteiger partial charge in [-0.3, -0.25) is 14.4 Å². The molecule has 28 heavy (non-hydrogen) atoms. The number of anilines is 1. The largest absolute Gasteiger partial charge is 0.329 e. The second-order valence-electron chi connectivity index (χ2n) is 6.41. The maximum Gasteiger partial charge on any atom is 0.329 e. The summed E-state index contributed by atoms with van der Waals surface area (Å²) in [5.74, 6) is -0.194. The van der Waals surface area contributed by atoms with Gasteiger partial charge in [-0.1, -0.05) is 12.1 Å². The van der Waals surface area contributed by atoms with Gasteiger partial charge in [0.05, 0.1) is 11.8 Å². The normalized spacial score (nSPS) is 16.4. The second-order valence-corrected chi connectivity index (χ2v) is 8.83. The minimum atomic E-state index is -4.10. The highest BCUT2D eigenvalue weighted by atomic mass is 32.1. The Bertz CT molecular complexity index is 1090. The third-order valence-corrected chi connectivity index (χ3v) is 5.79. The quantitative estimate of drug-likeness (QED) is 0.434. The molecule has 0 radical (unpaired) electrons. The van der Waals surface area contributed by atoms with Crippen molar-refractivity contribution in [3.8, 4) is 11.1 Å². The molecule has 4 rings (SSSR count). The van der Waals surface area contributed by atoms with Crippen molar-refractivity contribution in [2.45, 2.75) is 12.1 Å². The maximum atomic E-state index is 12.3. The fourth-order valence-corrected chi connectivity index (χ4v) is 4.33. The molecule has 0 bridgehead atoms. The summed E-state index contributed by atoms with van der Waals surface area (Å²) in [5.41, 5.74) is 3.89. The molecule has 1 atom stereocenters. The molecule has 9 heteroatoms. The zero-order valence-corrected chi connectivity index (χ0v) is 16.2. The predicted molar refractivity (Wildman–Crippen MR) is 109 cm³/mol. The molecule has 142 valence electrons. The van der Waals surface area contributed by atoms with Crippen LogP contribution in [-0.4, -0.2) is 26.9 Å². The molecule has 3 aromatic rings. The number of carbonyl (C=O) groups excluding carboxylic acids is 1. The van der Waals surface area contributed by atoms with Crippen molar-refractivity contribution in [1.29, 1.82) is 0 Å². The summed E-state index contributed by atoms with van der Waals surface area (Å²) in [5, 5.41) is 6.78. The molecule has 0 aliphatic carbocycles. The van der Waals surface area contributed by atoms with Gasteiger partial charge in [0.1, 0.15) is 11.7 Å². The molecule has 3 heterocycles. The summed E-state index contributed by atoms with van der Waals surface area (Å²) in [6.07, 6.45) is 2.99. The first-order valence-corrected chi connectivity index (χ1v) is 11.1. The Labute approximate surface area is 165 Å². The predicted octanol–water partition coefficient (Wildman–Crippen LogP) is 3.93. The number of aromatic nitrogens is 1. The number of pyridine rings is 1. The maximum absolute atomic E-state index is 12.3. The summed E-state index contributed by atoms with van der Waals surface area (Å²) in [6, 6.07) is 10.5. The van der Waals surface area contributed by atoms with Crippen LogP contribution < -0.4 is 5.32 Å². The van der Waals surface area contributed by atoms with E-state index in [4.69, 9.17) is 9.79 Å². The molecular weight excluding hydrogens is 397 g/mol. The molecule has 0 fully saturated rings. The number of hydrogen-bond donors (Lipinski definition) is 3. The van der Waals surface area contributed by atoms with Crippen molar-refractivity contribution in [2.75, 3.05) is 5.32 Å². The average Bonchev–Trinajstić information content (AvgIpc) is 3.27. The van der Waals surface area contributed by atoms with E-state index in [1.165, 1.54) is 0 Å². The Balaban J connectivity index is 1.56. The van der Waals surface area contributed by atoms with E-state index < -0.39 is 13.5 Å². The van der Waals surface area contributed by atoms with Crippen LogP contribution >= 0.6 is 18.9 Å². The van der Waals surface area contributed by atoms with Crippen molar-refractivity contribution in [3.63, 3.8) is 0 Å².